The minimum absolute atomic E-state index is 0.684. The molecule has 8 heavy (non-hydrogen) atoms. The number of carbonyl (C=O) groups is 1. The minimum Gasteiger partial charge on any atom is -0.359 e. The molecule has 0 spiro atoms. The normalized spacial score (nSPS) is 8.00. The van der Waals surface area contributed by atoms with E-state index in [9.17, 15) is 4.79 Å². The quantitative estimate of drug-likeness (QED) is 0.301. The first-order valence-electron chi connectivity index (χ1n) is 2.51. The van der Waals surface area contributed by atoms with Gasteiger partial charge in [-0.15, -0.1) is 0 Å². The highest BCUT2D eigenvalue weighted by Gasteiger charge is 1.79. The topological polar surface area (TPSA) is 41.5 Å². The fourth-order valence-electron chi connectivity index (χ4n) is 0.352. The number of amides is 1. The molecule has 0 bridgehead atoms. The third kappa shape index (κ3) is 5.14. The van der Waals surface area contributed by atoms with Gasteiger partial charge < -0.3 is 10.3 Å². The van der Waals surface area contributed by atoms with Crippen LogP contribution in [-0.4, -0.2) is 26.2 Å². The molecule has 0 rings (SSSR count). The Balaban J connectivity index is 2.71. The standard InChI is InChI=1S/C5H10N2O/c1-6-3-2-4-7-5-8/h5H,1-4H2,(H,7,8). The van der Waals surface area contributed by atoms with Gasteiger partial charge in [0.15, 0.2) is 0 Å². The average Bonchev–Trinajstić information content (AvgIpc) is 1.81. The highest BCUT2D eigenvalue weighted by atomic mass is 16.1. The van der Waals surface area contributed by atoms with E-state index in [1.165, 1.54) is 0 Å². The Morgan fingerprint density at radius 3 is 3.00 bits per heavy atom. The number of aliphatic imine (C=N–C) groups is 1. The van der Waals surface area contributed by atoms with Gasteiger partial charge in [-0.1, -0.05) is 0 Å². The van der Waals surface area contributed by atoms with Crippen LogP contribution in [0.15, 0.2) is 4.99 Å². The summed E-state index contributed by atoms with van der Waals surface area (Å²) < 4.78 is 0. The zero-order valence-corrected chi connectivity index (χ0v) is 4.76. The summed E-state index contributed by atoms with van der Waals surface area (Å²) in [6.45, 7) is 4.71. The Labute approximate surface area is 48.8 Å². The van der Waals surface area contributed by atoms with Gasteiger partial charge >= 0.3 is 0 Å². The Kier molecular flexibility index (Phi) is 5.48. The molecule has 3 heteroatoms. The number of hydrogen-bond donors (Lipinski definition) is 1. The molecule has 0 unspecified atom stereocenters. The van der Waals surface area contributed by atoms with Crippen molar-refractivity contribution in [1.29, 1.82) is 0 Å². The molecule has 0 fully saturated rings. The van der Waals surface area contributed by atoms with Crippen LogP contribution in [0.5, 0.6) is 0 Å². The molecule has 0 aliphatic rings. The first-order chi connectivity index (χ1) is 3.91. The van der Waals surface area contributed by atoms with Gasteiger partial charge in [-0.05, 0) is 13.1 Å². The lowest BCUT2D eigenvalue weighted by molar-refractivity contribution is -0.109. The SMILES string of the molecule is C=NCCCNC=O. The van der Waals surface area contributed by atoms with Gasteiger partial charge in [-0.25, -0.2) is 0 Å². The maximum Gasteiger partial charge on any atom is 0.207 e. The molecular formula is C5H10N2O. The van der Waals surface area contributed by atoms with Crippen LogP contribution in [0.25, 0.3) is 0 Å². The summed E-state index contributed by atoms with van der Waals surface area (Å²) in [7, 11) is 0. The van der Waals surface area contributed by atoms with E-state index in [2.05, 4.69) is 17.0 Å². The molecule has 0 aromatic heterocycles. The fraction of sp³-hybridized carbons (Fsp3) is 0.600. The van der Waals surface area contributed by atoms with E-state index in [-0.39, 0.29) is 0 Å². The van der Waals surface area contributed by atoms with Crippen molar-refractivity contribution in [2.24, 2.45) is 4.99 Å². The summed E-state index contributed by atoms with van der Waals surface area (Å²) in [6.07, 6.45) is 1.56. The molecule has 3 nitrogen and oxygen atoms in total. The van der Waals surface area contributed by atoms with E-state index in [0.717, 1.165) is 13.0 Å². The molecule has 1 N–H and O–H groups in total. The van der Waals surface area contributed by atoms with E-state index < -0.39 is 0 Å². The monoisotopic (exact) mass is 114 g/mol. The second kappa shape index (κ2) is 6.14. The zero-order chi connectivity index (χ0) is 6.24. The van der Waals surface area contributed by atoms with Gasteiger partial charge in [0.1, 0.15) is 0 Å². The minimum atomic E-state index is 0.684. The van der Waals surface area contributed by atoms with Crippen molar-refractivity contribution in [3.05, 3.63) is 0 Å². The van der Waals surface area contributed by atoms with E-state index in [1.807, 2.05) is 0 Å². The third-order valence-corrected chi connectivity index (χ3v) is 0.721. The number of rotatable bonds is 5. The molecule has 0 saturated carbocycles. The van der Waals surface area contributed by atoms with Gasteiger partial charge in [-0.2, -0.15) is 0 Å². The molecule has 0 radical (unpaired) electrons. The van der Waals surface area contributed by atoms with Crippen LogP contribution in [0.1, 0.15) is 6.42 Å². The van der Waals surface area contributed by atoms with Crippen LogP contribution in [0.3, 0.4) is 0 Å². The first kappa shape index (κ1) is 7.14. The first-order valence-corrected chi connectivity index (χ1v) is 2.51. The molecular weight excluding hydrogens is 104 g/mol. The van der Waals surface area contributed by atoms with Crippen LogP contribution < -0.4 is 5.32 Å². The maximum absolute atomic E-state index is 9.61. The molecule has 0 saturated heterocycles. The second-order valence-corrected chi connectivity index (χ2v) is 1.37. The highest BCUT2D eigenvalue weighted by Crippen LogP contribution is 1.73. The Morgan fingerprint density at radius 2 is 2.50 bits per heavy atom. The van der Waals surface area contributed by atoms with Gasteiger partial charge in [0, 0.05) is 13.1 Å². The lowest BCUT2D eigenvalue weighted by Crippen LogP contribution is -2.12. The van der Waals surface area contributed by atoms with Gasteiger partial charge in [0.25, 0.3) is 0 Å². The van der Waals surface area contributed by atoms with Crippen molar-refractivity contribution >= 4 is 13.1 Å². The Morgan fingerprint density at radius 1 is 1.75 bits per heavy atom. The van der Waals surface area contributed by atoms with Gasteiger partial charge in [-0.3, -0.25) is 4.79 Å². The second-order valence-electron chi connectivity index (χ2n) is 1.37. The molecule has 1 amide bonds. The predicted octanol–water partition coefficient (Wildman–Crippen LogP) is -0.177. The van der Waals surface area contributed by atoms with Crippen molar-refractivity contribution in [1.82, 2.24) is 5.32 Å². The highest BCUT2D eigenvalue weighted by molar-refractivity contribution is 5.45. The van der Waals surface area contributed by atoms with Crippen molar-refractivity contribution in [3.8, 4) is 0 Å². The van der Waals surface area contributed by atoms with E-state index in [0.29, 0.717) is 13.0 Å². The van der Waals surface area contributed by atoms with Crippen molar-refractivity contribution < 1.29 is 4.79 Å². The molecule has 46 valence electrons. The number of nitrogens with zero attached hydrogens (tertiary/aromatic N) is 1. The summed E-state index contributed by atoms with van der Waals surface area (Å²) in [5.74, 6) is 0. The summed E-state index contributed by atoms with van der Waals surface area (Å²) in [6, 6.07) is 0. The van der Waals surface area contributed by atoms with Gasteiger partial charge in [0.2, 0.25) is 6.41 Å². The van der Waals surface area contributed by atoms with E-state index in [4.69, 9.17) is 0 Å². The third-order valence-electron chi connectivity index (χ3n) is 0.721. The summed E-state index contributed by atoms with van der Waals surface area (Å²) in [5.41, 5.74) is 0. The van der Waals surface area contributed by atoms with Gasteiger partial charge in [0.05, 0.1) is 0 Å². The smallest absolute Gasteiger partial charge is 0.207 e. The lowest BCUT2D eigenvalue weighted by atomic mass is 10.4. The van der Waals surface area contributed by atoms with E-state index >= 15 is 0 Å². The molecule has 0 aromatic rings. The molecule has 0 atom stereocenters. The van der Waals surface area contributed by atoms with Crippen molar-refractivity contribution in [3.63, 3.8) is 0 Å². The largest absolute Gasteiger partial charge is 0.359 e. The molecule has 0 aliphatic heterocycles. The number of nitrogens with one attached hydrogen (secondary N) is 1. The predicted molar refractivity (Wildman–Crippen MR) is 33.1 cm³/mol. The van der Waals surface area contributed by atoms with Crippen LogP contribution in [0, 0.1) is 0 Å². The zero-order valence-electron chi connectivity index (χ0n) is 4.76. The number of hydrogen-bond acceptors (Lipinski definition) is 2. The fourth-order valence-corrected chi connectivity index (χ4v) is 0.352. The summed E-state index contributed by atoms with van der Waals surface area (Å²) in [5, 5.41) is 2.51. The van der Waals surface area contributed by atoms with Crippen molar-refractivity contribution in [2.75, 3.05) is 13.1 Å². The lowest BCUT2D eigenvalue weighted by Gasteiger charge is -1.91. The van der Waals surface area contributed by atoms with Crippen LogP contribution in [0.4, 0.5) is 0 Å². The number of carbonyl (C=O) groups excluding carboxylic acids is 1. The average molecular weight is 114 g/mol. The Hall–Kier alpha value is -0.860. The molecule has 0 aromatic carbocycles. The van der Waals surface area contributed by atoms with E-state index in [1.54, 1.807) is 0 Å². The van der Waals surface area contributed by atoms with Crippen molar-refractivity contribution in [2.45, 2.75) is 6.42 Å². The Bertz CT molecular complexity index is 62.8. The van der Waals surface area contributed by atoms with Crippen LogP contribution in [-0.2, 0) is 4.79 Å². The molecule has 0 heterocycles. The molecule has 0 aliphatic carbocycles. The summed E-state index contributed by atoms with van der Waals surface area (Å²) >= 11 is 0. The van der Waals surface area contributed by atoms with Crippen LogP contribution >= 0.6 is 0 Å². The van der Waals surface area contributed by atoms with Crippen LogP contribution in [0.2, 0.25) is 0 Å². The summed E-state index contributed by atoms with van der Waals surface area (Å²) in [4.78, 5) is 13.2. The maximum atomic E-state index is 9.61.